The van der Waals surface area contributed by atoms with Gasteiger partial charge in [-0.25, -0.2) is 4.98 Å². The minimum atomic E-state index is 0.00211. The molecule has 1 aromatic heterocycles. The highest BCUT2D eigenvalue weighted by Crippen LogP contribution is 2.32. The second kappa shape index (κ2) is 8.71. The Morgan fingerprint density at radius 2 is 1.89 bits per heavy atom. The Morgan fingerprint density at radius 3 is 2.57 bits per heavy atom. The molecule has 3 aromatic rings. The third-order valence-corrected chi connectivity index (χ3v) is 5.72. The molecule has 1 amide bonds. The summed E-state index contributed by atoms with van der Waals surface area (Å²) < 4.78 is 6.35. The van der Waals surface area contributed by atoms with Gasteiger partial charge in [0.15, 0.2) is 5.13 Å². The molecule has 0 saturated heterocycles. The fourth-order valence-electron chi connectivity index (χ4n) is 3.17. The van der Waals surface area contributed by atoms with Crippen LogP contribution in [0.3, 0.4) is 0 Å². The quantitative estimate of drug-likeness (QED) is 0.588. The average molecular weight is 398 g/mol. The lowest BCUT2D eigenvalue weighted by Crippen LogP contribution is -2.33. The Kier molecular flexibility index (Phi) is 6.31. The summed E-state index contributed by atoms with van der Waals surface area (Å²) in [6.07, 6.45) is 0.878. The molecule has 0 radical (unpaired) electrons. The molecule has 148 valence electrons. The van der Waals surface area contributed by atoms with Gasteiger partial charge in [0.05, 0.1) is 17.3 Å². The largest absolute Gasteiger partial charge is 0.497 e. The van der Waals surface area contributed by atoms with Crippen molar-refractivity contribution in [2.45, 2.75) is 20.3 Å². The molecule has 28 heavy (non-hydrogen) atoms. The van der Waals surface area contributed by atoms with Crippen LogP contribution >= 0.6 is 11.3 Å². The van der Waals surface area contributed by atoms with Crippen molar-refractivity contribution in [3.63, 3.8) is 0 Å². The van der Waals surface area contributed by atoms with Crippen molar-refractivity contribution in [2.24, 2.45) is 0 Å². The fourth-order valence-corrected chi connectivity index (χ4v) is 4.14. The van der Waals surface area contributed by atoms with Crippen LogP contribution in [0, 0.1) is 13.8 Å². The highest BCUT2D eigenvalue weighted by Gasteiger charge is 2.22. The van der Waals surface area contributed by atoms with Gasteiger partial charge in [0.25, 0.3) is 5.91 Å². The maximum atomic E-state index is 13.4. The van der Waals surface area contributed by atoms with E-state index in [1.165, 1.54) is 0 Å². The standard InChI is InChI=1S/C22H27N3O2S/c1-15-7-9-18(16(2)13-15)21(26)25(12-6-11-24(3)4)22-23-19-14-17(27-5)8-10-20(19)28-22/h7-10,13-14H,6,11-12H2,1-5H3. The lowest BCUT2D eigenvalue weighted by Gasteiger charge is -2.22. The molecule has 0 aliphatic heterocycles. The molecule has 0 spiro atoms. The van der Waals surface area contributed by atoms with Crippen molar-refractivity contribution in [1.29, 1.82) is 0 Å². The fraction of sp³-hybridized carbons (Fsp3) is 0.364. The number of amides is 1. The zero-order valence-electron chi connectivity index (χ0n) is 17.2. The van der Waals surface area contributed by atoms with Gasteiger partial charge in [0.1, 0.15) is 5.75 Å². The number of nitrogens with zero attached hydrogens (tertiary/aromatic N) is 3. The third-order valence-electron chi connectivity index (χ3n) is 4.66. The van der Waals surface area contributed by atoms with E-state index in [9.17, 15) is 4.79 Å². The Hall–Kier alpha value is -2.44. The predicted octanol–water partition coefficient (Wildman–Crippen LogP) is 4.52. The van der Waals surface area contributed by atoms with E-state index < -0.39 is 0 Å². The van der Waals surface area contributed by atoms with E-state index in [2.05, 4.69) is 11.0 Å². The predicted molar refractivity (Wildman–Crippen MR) is 117 cm³/mol. The molecule has 5 nitrogen and oxygen atoms in total. The van der Waals surface area contributed by atoms with Gasteiger partial charge < -0.3 is 9.64 Å². The van der Waals surface area contributed by atoms with E-state index in [0.29, 0.717) is 6.54 Å². The summed E-state index contributed by atoms with van der Waals surface area (Å²) in [6, 6.07) is 11.8. The number of hydrogen-bond acceptors (Lipinski definition) is 5. The number of aryl methyl sites for hydroxylation is 2. The van der Waals surface area contributed by atoms with Crippen molar-refractivity contribution in [2.75, 3.05) is 39.2 Å². The van der Waals surface area contributed by atoms with Crippen LogP contribution in [0.1, 0.15) is 27.9 Å². The molecule has 6 heteroatoms. The maximum Gasteiger partial charge on any atom is 0.260 e. The summed E-state index contributed by atoms with van der Waals surface area (Å²) >= 11 is 1.54. The average Bonchev–Trinajstić information content (AvgIpc) is 3.07. The van der Waals surface area contributed by atoms with E-state index in [1.807, 2.05) is 63.2 Å². The van der Waals surface area contributed by atoms with Crippen molar-refractivity contribution >= 4 is 32.6 Å². The van der Waals surface area contributed by atoms with Crippen LogP contribution in [0.4, 0.5) is 5.13 Å². The molecule has 3 rings (SSSR count). The summed E-state index contributed by atoms with van der Waals surface area (Å²) in [7, 11) is 5.73. The first kappa shape index (κ1) is 20.3. The molecule has 1 heterocycles. The van der Waals surface area contributed by atoms with Gasteiger partial charge in [-0.15, -0.1) is 0 Å². The molecule has 0 aliphatic carbocycles. The number of thiazole rings is 1. The topological polar surface area (TPSA) is 45.7 Å². The van der Waals surface area contributed by atoms with Gasteiger partial charge in [0.2, 0.25) is 0 Å². The Morgan fingerprint density at radius 1 is 1.11 bits per heavy atom. The Balaban J connectivity index is 1.97. The molecular formula is C22H27N3O2S. The first-order valence-corrected chi connectivity index (χ1v) is 10.2. The highest BCUT2D eigenvalue weighted by atomic mass is 32.1. The smallest absolute Gasteiger partial charge is 0.260 e. The Bertz CT molecular complexity index is 981. The number of carbonyl (C=O) groups is 1. The summed E-state index contributed by atoms with van der Waals surface area (Å²) in [5.74, 6) is 0.770. The van der Waals surface area contributed by atoms with Gasteiger partial charge in [-0.2, -0.15) is 0 Å². The number of ether oxygens (including phenoxy) is 1. The first-order chi connectivity index (χ1) is 13.4. The summed E-state index contributed by atoms with van der Waals surface area (Å²) in [5.41, 5.74) is 3.73. The molecule has 0 saturated carbocycles. The number of benzene rings is 2. The number of anilines is 1. The van der Waals surface area contributed by atoms with Crippen LogP contribution in [-0.4, -0.2) is 50.1 Å². The monoisotopic (exact) mass is 397 g/mol. The molecular weight excluding hydrogens is 370 g/mol. The molecule has 0 fully saturated rings. The zero-order valence-corrected chi connectivity index (χ0v) is 18.0. The molecule has 0 aliphatic rings. The molecule has 0 bridgehead atoms. The molecule has 0 unspecified atom stereocenters. The van der Waals surface area contributed by atoms with Crippen LogP contribution in [0.5, 0.6) is 5.75 Å². The molecule has 0 atom stereocenters. The molecule has 2 aromatic carbocycles. The van der Waals surface area contributed by atoms with Crippen LogP contribution in [-0.2, 0) is 0 Å². The number of hydrogen-bond donors (Lipinski definition) is 0. The van der Waals surface area contributed by atoms with Gasteiger partial charge >= 0.3 is 0 Å². The summed E-state index contributed by atoms with van der Waals surface area (Å²) in [6.45, 7) is 5.56. The van der Waals surface area contributed by atoms with E-state index in [-0.39, 0.29) is 5.91 Å². The summed E-state index contributed by atoms with van der Waals surface area (Å²) in [4.78, 5) is 22.1. The third kappa shape index (κ3) is 4.51. The number of carbonyl (C=O) groups excluding carboxylic acids is 1. The second-order valence-corrected chi connectivity index (χ2v) is 8.27. The first-order valence-electron chi connectivity index (χ1n) is 9.37. The Labute approximate surface area is 170 Å². The van der Waals surface area contributed by atoms with Gasteiger partial charge in [0, 0.05) is 18.2 Å². The van der Waals surface area contributed by atoms with Crippen LogP contribution in [0.2, 0.25) is 0 Å². The second-order valence-electron chi connectivity index (χ2n) is 7.26. The molecule has 0 N–H and O–H groups in total. The van der Waals surface area contributed by atoms with Crippen LogP contribution in [0.25, 0.3) is 10.2 Å². The highest BCUT2D eigenvalue weighted by molar-refractivity contribution is 7.22. The van der Waals surface area contributed by atoms with Crippen molar-refractivity contribution < 1.29 is 9.53 Å². The van der Waals surface area contributed by atoms with Gasteiger partial charge in [-0.1, -0.05) is 29.0 Å². The van der Waals surface area contributed by atoms with E-state index >= 15 is 0 Å². The minimum Gasteiger partial charge on any atom is -0.497 e. The van der Waals surface area contributed by atoms with Crippen molar-refractivity contribution in [3.05, 3.63) is 53.1 Å². The number of fused-ring (bicyclic) bond motifs is 1. The summed E-state index contributed by atoms with van der Waals surface area (Å²) in [5, 5.41) is 0.729. The van der Waals surface area contributed by atoms with Crippen LogP contribution in [0.15, 0.2) is 36.4 Å². The lowest BCUT2D eigenvalue weighted by molar-refractivity contribution is 0.0985. The SMILES string of the molecule is COc1ccc2sc(N(CCCN(C)C)C(=O)c3ccc(C)cc3C)nc2c1. The number of aromatic nitrogens is 1. The normalized spacial score (nSPS) is 11.2. The maximum absolute atomic E-state index is 13.4. The lowest BCUT2D eigenvalue weighted by atomic mass is 10.0. The number of methoxy groups -OCH3 is 1. The zero-order chi connectivity index (χ0) is 20.3. The van der Waals surface area contributed by atoms with E-state index in [0.717, 1.165) is 50.8 Å². The van der Waals surface area contributed by atoms with Crippen LogP contribution < -0.4 is 9.64 Å². The van der Waals surface area contributed by atoms with Crippen molar-refractivity contribution in [1.82, 2.24) is 9.88 Å². The minimum absolute atomic E-state index is 0.00211. The van der Waals surface area contributed by atoms with Gasteiger partial charge in [-0.3, -0.25) is 9.69 Å². The van der Waals surface area contributed by atoms with Crippen molar-refractivity contribution in [3.8, 4) is 5.75 Å². The van der Waals surface area contributed by atoms with E-state index in [4.69, 9.17) is 9.72 Å². The van der Waals surface area contributed by atoms with Gasteiger partial charge in [-0.05, 0) is 64.7 Å². The van der Waals surface area contributed by atoms with E-state index in [1.54, 1.807) is 18.4 Å². The number of rotatable bonds is 7.